The van der Waals surface area contributed by atoms with E-state index in [-0.39, 0.29) is 10.8 Å². The molecule has 1 aliphatic heterocycles. The lowest BCUT2D eigenvalue weighted by atomic mass is 10.1. The second kappa shape index (κ2) is 9.26. The quantitative estimate of drug-likeness (QED) is 0.734. The minimum absolute atomic E-state index is 0.127. The fourth-order valence-electron chi connectivity index (χ4n) is 3.22. The molecular formula is C22H29N3O4S. The molecule has 0 aliphatic carbocycles. The molecule has 2 aromatic carbocycles. The van der Waals surface area contributed by atoms with Gasteiger partial charge in [-0.1, -0.05) is 18.2 Å². The molecule has 0 saturated carbocycles. The highest BCUT2D eigenvalue weighted by atomic mass is 32.2. The van der Waals surface area contributed by atoms with Crippen LogP contribution >= 0.6 is 0 Å². The van der Waals surface area contributed by atoms with Crippen molar-refractivity contribution in [2.24, 2.45) is 0 Å². The summed E-state index contributed by atoms with van der Waals surface area (Å²) in [6.07, 6.45) is 0. The van der Waals surface area contributed by atoms with Crippen LogP contribution < -0.4 is 10.0 Å². The average molecular weight is 432 g/mol. The fourth-order valence-corrected chi connectivity index (χ4v) is 4.64. The minimum atomic E-state index is -3.64. The van der Waals surface area contributed by atoms with Gasteiger partial charge in [-0.2, -0.15) is 0 Å². The average Bonchev–Trinajstić information content (AvgIpc) is 2.68. The maximum absolute atomic E-state index is 12.7. The number of anilines is 1. The van der Waals surface area contributed by atoms with Crippen LogP contribution in [0.2, 0.25) is 0 Å². The van der Waals surface area contributed by atoms with E-state index in [4.69, 9.17) is 4.74 Å². The van der Waals surface area contributed by atoms with E-state index in [1.807, 2.05) is 24.3 Å². The van der Waals surface area contributed by atoms with Gasteiger partial charge >= 0.3 is 0 Å². The number of carbonyl (C=O) groups is 1. The number of carbonyl (C=O) groups excluding carboxylic acids is 1. The van der Waals surface area contributed by atoms with Gasteiger partial charge in [-0.25, -0.2) is 13.1 Å². The first-order chi connectivity index (χ1) is 14.1. The highest BCUT2D eigenvalue weighted by Crippen LogP contribution is 2.20. The first-order valence-corrected chi connectivity index (χ1v) is 11.5. The first-order valence-electron chi connectivity index (χ1n) is 9.97. The molecule has 1 amide bonds. The molecule has 1 saturated heterocycles. The largest absolute Gasteiger partial charge is 0.379 e. The fraction of sp³-hybridized carbons (Fsp3) is 0.409. The summed E-state index contributed by atoms with van der Waals surface area (Å²) in [4.78, 5) is 15.2. The minimum Gasteiger partial charge on any atom is -0.379 e. The molecule has 3 rings (SSSR count). The number of nitrogens with zero attached hydrogens (tertiary/aromatic N) is 1. The van der Waals surface area contributed by atoms with Gasteiger partial charge in [0.05, 0.1) is 18.1 Å². The molecule has 30 heavy (non-hydrogen) atoms. The summed E-state index contributed by atoms with van der Waals surface area (Å²) in [7, 11) is -3.64. The van der Waals surface area contributed by atoms with Crippen LogP contribution in [0.25, 0.3) is 0 Å². The standard InChI is InChI=1S/C22H29N3O4S/c1-22(2,3)24-30(27,28)19-10-8-17(9-11-19)21(26)23-20-7-5-4-6-18(20)16-25-12-14-29-15-13-25/h4-11,24H,12-16H2,1-3H3,(H,23,26). The van der Waals surface area contributed by atoms with Gasteiger partial charge in [0.15, 0.2) is 0 Å². The van der Waals surface area contributed by atoms with Gasteiger partial charge in [0, 0.05) is 36.4 Å². The number of nitrogens with one attached hydrogen (secondary N) is 2. The van der Waals surface area contributed by atoms with Crippen LogP contribution in [0.4, 0.5) is 5.69 Å². The molecule has 7 nitrogen and oxygen atoms in total. The van der Waals surface area contributed by atoms with Crippen LogP contribution in [0.5, 0.6) is 0 Å². The summed E-state index contributed by atoms with van der Waals surface area (Å²) < 4.78 is 32.9. The van der Waals surface area contributed by atoms with E-state index < -0.39 is 15.6 Å². The lowest BCUT2D eigenvalue weighted by Crippen LogP contribution is -2.40. The van der Waals surface area contributed by atoms with Gasteiger partial charge in [-0.05, 0) is 56.7 Å². The van der Waals surface area contributed by atoms with Crippen LogP contribution in [0.1, 0.15) is 36.7 Å². The number of para-hydroxylation sites is 1. The molecule has 2 aromatic rings. The third-order valence-corrected chi connectivity index (χ3v) is 6.40. The van der Waals surface area contributed by atoms with Gasteiger partial charge in [0.2, 0.25) is 10.0 Å². The molecule has 162 valence electrons. The van der Waals surface area contributed by atoms with E-state index >= 15 is 0 Å². The second-order valence-corrected chi connectivity index (χ2v) is 10.1. The molecule has 8 heteroatoms. The van der Waals surface area contributed by atoms with Crippen LogP contribution in [0.15, 0.2) is 53.4 Å². The summed E-state index contributed by atoms with van der Waals surface area (Å²) in [5.74, 6) is -0.280. The number of sulfonamides is 1. The molecule has 1 heterocycles. The molecule has 1 aliphatic rings. The van der Waals surface area contributed by atoms with Crippen LogP contribution in [-0.2, 0) is 21.3 Å². The van der Waals surface area contributed by atoms with Gasteiger partial charge in [0.1, 0.15) is 0 Å². The summed E-state index contributed by atoms with van der Waals surface area (Å²) >= 11 is 0. The molecule has 0 spiro atoms. The van der Waals surface area contributed by atoms with E-state index in [2.05, 4.69) is 14.9 Å². The topological polar surface area (TPSA) is 87.7 Å². The third-order valence-electron chi connectivity index (χ3n) is 4.63. The zero-order chi connectivity index (χ0) is 21.8. The Balaban J connectivity index is 1.71. The second-order valence-electron chi connectivity index (χ2n) is 8.38. The summed E-state index contributed by atoms with van der Waals surface area (Å²) in [5, 5.41) is 2.95. The number of morpholine rings is 1. The number of rotatable bonds is 6. The predicted octanol–water partition coefficient (Wildman–Crippen LogP) is 2.85. The van der Waals surface area contributed by atoms with Crippen molar-refractivity contribution in [1.82, 2.24) is 9.62 Å². The maximum Gasteiger partial charge on any atom is 0.255 e. The zero-order valence-corrected chi connectivity index (χ0v) is 18.5. The Morgan fingerprint density at radius 1 is 1.03 bits per heavy atom. The van der Waals surface area contributed by atoms with Gasteiger partial charge < -0.3 is 10.1 Å². The Labute approximate surface area is 178 Å². The lowest BCUT2D eigenvalue weighted by Gasteiger charge is -2.27. The number of amides is 1. The normalized spacial score (nSPS) is 15.7. The van der Waals surface area contributed by atoms with E-state index in [1.165, 1.54) is 24.3 Å². The highest BCUT2D eigenvalue weighted by Gasteiger charge is 2.22. The SMILES string of the molecule is CC(C)(C)NS(=O)(=O)c1ccc(C(=O)Nc2ccccc2CN2CCOCC2)cc1. The lowest BCUT2D eigenvalue weighted by molar-refractivity contribution is 0.0342. The summed E-state index contributed by atoms with van der Waals surface area (Å²) in [6.45, 7) is 9.22. The van der Waals surface area contributed by atoms with Gasteiger partial charge in [-0.3, -0.25) is 9.69 Å². The number of hydrogen-bond acceptors (Lipinski definition) is 5. The van der Waals surface area contributed by atoms with Crippen molar-refractivity contribution in [3.8, 4) is 0 Å². The molecule has 0 bridgehead atoms. The van der Waals surface area contributed by atoms with E-state index in [9.17, 15) is 13.2 Å². The third kappa shape index (κ3) is 6.12. The Bertz CT molecular complexity index is 976. The Morgan fingerprint density at radius 2 is 1.67 bits per heavy atom. The monoisotopic (exact) mass is 431 g/mol. The number of benzene rings is 2. The maximum atomic E-state index is 12.7. The Kier molecular flexibility index (Phi) is 6.92. The molecular weight excluding hydrogens is 402 g/mol. The van der Waals surface area contributed by atoms with Crippen molar-refractivity contribution in [2.75, 3.05) is 31.6 Å². The smallest absolute Gasteiger partial charge is 0.255 e. The summed E-state index contributed by atoms with van der Waals surface area (Å²) in [6, 6.07) is 13.7. The zero-order valence-electron chi connectivity index (χ0n) is 17.6. The Hall–Kier alpha value is -2.26. The first kappa shape index (κ1) is 22.4. The van der Waals surface area contributed by atoms with E-state index in [0.29, 0.717) is 18.8 Å². The van der Waals surface area contributed by atoms with Crippen molar-refractivity contribution < 1.29 is 17.9 Å². The van der Waals surface area contributed by atoms with Gasteiger partial charge in [-0.15, -0.1) is 0 Å². The van der Waals surface area contributed by atoms with Gasteiger partial charge in [0.25, 0.3) is 5.91 Å². The molecule has 0 aromatic heterocycles. The molecule has 2 N–H and O–H groups in total. The summed E-state index contributed by atoms with van der Waals surface area (Å²) in [5.41, 5.74) is 1.59. The molecule has 0 atom stereocenters. The van der Waals surface area contributed by atoms with Crippen molar-refractivity contribution in [3.05, 3.63) is 59.7 Å². The predicted molar refractivity (Wildman–Crippen MR) is 117 cm³/mol. The molecule has 0 unspecified atom stereocenters. The van der Waals surface area contributed by atoms with E-state index in [1.54, 1.807) is 20.8 Å². The van der Waals surface area contributed by atoms with Crippen molar-refractivity contribution >= 4 is 21.6 Å². The Morgan fingerprint density at radius 3 is 2.30 bits per heavy atom. The molecule has 0 radical (unpaired) electrons. The van der Waals surface area contributed by atoms with Crippen LogP contribution in [0.3, 0.4) is 0 Å². The highest BCUT2D eigenvalue weighted by molar-refractivity contribution is 7.89. The number of hydrogen-bond donors (Lipinski definition) is 2. The van der Waals surface area contributed by atoms with Crippen molar-refractivity contribution in [1.29, 1.82) is 0 Å². The van der Waals surface area contributed by atoms with Crippen molar-refractivity contribution in [3.63, 3.8) is 0 Å². The number of ether oxygens (including phenoxy) is 1. The van der Waals surface area contributed by atoms with Crippen LogP contribution in [0, 0.1) is 0 Å². The van der Waals surface area contributed by atoms with Crippen molar-refractivity contribution in [2.45, 2.75) is 37.8 Å². The van der Waals surface area contributed by atoms with E-state index in [0.717, 1.165) is 30.9 Å². The molecule has 1 fully saturated rings. The van der Waals surface area contributed by atoms with Crippen LogP contribution in [-0.4, -0.2) is 51.1 Å².